The summed E-state index contributed by atoms with van der Waals surface area (Å²) < 4.78 is 32.7. The molecule has 0 bridgehead atoms. The van der Waals surface area contributed by atoms with Crippen LogP contribution in [0, 0.1) is 10.2 Å². The van der Waals surface area contributed by atoms with Gasteiger partial charge in [-0.3, -0.25) is 0 Å². The fraction of sp³-hybridized carbons (Fsp3) is 0. The minimum Gasteiger partial charge on any atom is -0.344 e. The number of rotatable bonds is 0. The summed E-state index contributed by atoms with van der Waals surface area (Å²) in [5, 5.41) is 0. The topological polar surface area (TPSA) is 124 Å². The first-order chi connectivity index (χ1) is 2.00. The molecule has 0 aliphatic rings. The Kier molecular flexibility index (Phi) is 13.3. The van der Waals surface area contributed by atoms with Crippen LogP contribution in [-0.4, -0.2) is 56.0 Å². The van der Waals surface area contributed by atoms with E-state index < -0.39 is 10.2 Å². The summed E-state index contributed by atoms with van der Waals surface area (Å²) >= 11 is 0. The Morgan fingerprint density at radius 2 is 1.14 bits per heavy atom. The zero-order valence-corrected chi connectivity index (χ0v) is 7.64. The number of hydrogen-bond acceptors (Lipinski definition) is 5. The molecule has 0 aliphatic carbocycles. The zero-order valence-electron chi connectivity index (χ0n) is 3.76. The third-order valence-electron chi connectivity index (χ3n) is 0. The molecule has 0 aliphatic heterocycles. The molecule has 0 amide bonds. The molecule has 0 saturated heterocycles. The summed E-state index contributed by atoms with van der Waals surface area (Å²) in [6.45, 7) is 0. The quantitative estimate of drug-likeness (QED) is 0.343. The second-order valence-electron chi connectivity index (χ2n) is 0.396. The summed E-state index contributed by atoms with van der Waals surface area (Å²) in [7, 11) is -4.69. The van der Waals surface area contributed by atoms with Crippen LogP contribution in [0.2, 0.25) is 0 Å². The molecule has 0 saturated carbocycles. The monoisotopic (exact) mass is 156 g/mol. The predicted octanol–water partition coefficient (Wildman–Crippen LogP) is -4.34. The molecular weight excluding hydrogens is 153 g/mol. The molecule has 0 fully saturated rings. The van der Waals surface area contributed by atoms with Crippen molar-refractivity contribution in [2.24, 2.45) is 0 Å². The summed E-state index contributed by atoms with van der Waals surface area (Å²) in [6.07, 6.45) is 0. The second-order valence-corrected chi connectivity index (χ2v) is 1.19. The fourth-order valence-electron chi connectivity index (χ4n) is 0. The first-order valence-corrected chi connectivity index (χ1v) is 1.90. The Balaban J connectivity index is -0.0000000800. The molecule has 0 heterocycles. The standard InChI is InChI=1S/ClHO4.K.H3N/c2-1(3,4)5;;/h(H,2,3,4,5);;1H3. The van der Waals surface area contributed by atoms with E-state index in [9.17, 15) is 0 Å². The van der Waals surface area contributed by atoms with Gasteiger partial charge >= 0.3 is 0 Å². The Morgan fingerprint density at radius 3 is 1.14 bits per heavy atom. The summed E-state index contributed by atoms with van der Waals surface area (Å²) in [5.74, 6) is 0. The normalized spacial score (nSPS) is 8.57. The van der Waals surface area contributed by atoms with Crippen LogP contribution in [0.5, 0.6) is 0 Å². The van der Waals surface area contributed by atoms with Crippen LogP contribution in [0.3, 0.4) is 0 Å². The minimum absolute atomic E-state index is 0. The third-order valence-corrected chi connectivity index (χ3v) is 0. The summed E-state index contributed by atoms with van der Waals surface area (Å²) in [6, 6.07) is 0. The minimum atomic E-state index is -4.69. The van der Waals surface area contributed by atoms with E-state index in [4.69, 9.17) is 18.6 Å². The van der Waals surface area contributed by atoms with E-state index in [0.717, 1.165) is 0 Å². The first kappa shape index (κ1) is 15.9. The molecule has 0 rings (SSSR count). The van der Waals surface area contributed by atoms with Crippen LogP contribution in [0.15, 0.2) is 0 Å². The van der Waals surface area contributed by atoms with Gasteiger partial charge in [-0.05, 0) is 0 Å². The third kappa shape index (κ3) is 85.0. The maximum Gasteiger partial charge on any atom is 0.0777 e. The average Bonchev–Trinajstić information content (AvgIpc) is 0.722. The Hall–Kier alpha value is 1.73. The second kappa shape index (κ2) is 5.86. The van der Waals surface area contributed by atoms with E-state index in [0.29, 0.717) is 0 Å². The molecule has 5 nitrogen and oxygen atoms in total. The van der Waals surface area contributed by atoms with E-state index in [1.54, 1.807) is 0 Å². The molecule has 0 unspecified atom stereocenters. The molecule has 4 N–H and O–H groups in total. The Labute approximate surface area is 85.1 Å². The van der Waals surface area contributed by atoms with E-state index in [1.807, 2.05) is 0 Å². The van der Waals surface area contributed by atoms with Crippen molar-refractivity contribution in [3.63, 3.8) is 0 Å². The predicted molar refractivity (Wildman–Crippen MR) is 13.0 cm³/mol. The number of halogens is 1. The van der Waals surface area contributed by atoms with Crippen LogP contribution >= 0.6 is 0 Å². The molecule has 1 radical (unpaired) electrons. The van der Waals surface area contributed by atoms with Crippen LogP contribution in [0.4, 0.5) is 0 Å². The van der Waals surface area contributed by atoms with Crippen LogP contribution in [0.25, 0.3) is 0 Å². The molecule has 0 aromatic rings. The average molecular weight is 157 g/mol. The van der Waals surface area contributed by atoms with Crippen molar-refractivity contribution in [3.8, 4) is 0 Å². The van der Waals surface area contributed by atoms with Gasteiger partial charge in [0.25, 0.3) is 0 Å². The van der Waals surface area contributed by atoms with E-state index in [1.165, 1.54) is 0 Å². The maximum absolute atomic E-state index is 8.60. The maximum atomic E-state index is 8.60. The smallest absolute Gasteiger partial charge is 0.0777 e. The van der Waals surface area contributed by atoms with Gasteiger partial charge in [0.05, 0.1) is 14.9 Å². The summed E-state index contributed by atoms with van der Waals surface area (Å²) in [4.78, 5) is 0. The van der Waals surface area contributed by atoms with Gasteiger partial charge in [0.2, 0.25) is 0 Å². The summed E-state index contributed by atoms with van der Waals surface area (Å²) in [5.41, 5.74) is 0. The molecule has 0 aromatic heterocycles. The molecule has 7 heteroatoms. The van der Waals surface area contributed by atoms with Gasteiger partial charge in [-0.1, -0.05) is 0 Å². The fourth-order valence-corrected chi connectivity index (χ4v) is 0. The number of hydrogen-bond donors (Lipinski definition) is 2. The van der Waals surface area contributed by atoms with Crippen molar-refractivity contribution in [1.29, 1.82) is 0 Å². The van der Waals surface area contributed by atoms with Crippen molar-refractivity contribution in [2.75, 3.05) is 0 Å². The SMILES string of the molecule is N.[K].[O-][Cl+3]([O-])([O-])O. The Morgan fingerprint density at radius 1 is 1.14 bits per heavy atom. The molecule has 7 heavy (non-hydrogen) atoms. The van der Waals surface area contributed by atoms with E-state index in [-0.39, 0.29) is 57.5 Å². The van der Waals surface area contributed by atoms with Crippen LogP contribution in [0.1, 0.15) is 0 Å². The molecular formula is H4ClKNO4. The van der Waals surface area contributed by atoms with Gasteiger partial charge < -0.3 is 6.15 Å². The van der Waals surface area contributed by atoms with Gasteiger partial charge in [-0.25, -0.2) is 0 Å². The van der Waals surface area contributed by atoms with Gasteiger partial charge in [-0.2, -0.15) is 14.0 Å². The largest absolute Gasteiger partial charge is 0.344 e. The van der Waals surface area contributed by atoms with Gasteiger partial charge in [0.15, 0.2) is 0 Å². The van der Waals surface area contributed by atoms with E-state index >= 15 is 0 Å². The van der Waals surface area contributed by atoms with Crippen molar-refractivity contribution >= 4 is 51.4 Å². The molecule has 0 atom stereocenters. The van der Waals surface area contributed by atoms with Crippen molar-refractivity contribution in [3.05, 3.63) is 0 Å². The van der Waals surface area contributed by atoms with Gasteiger partial charge in [0.1, 0.15) is 0 Å². The Bertz CT molecular complexity index is 27.2. The molecule has 0 spiro atoms. The van der Waals surface area contributed by atoms with Crippen molar-refractivity contribution in [1.82, 2.24) is 6.15 Å². The van der Waals surface area contributed by atoms with Gasteiger partial charge in [-0.15, -0.1) is 0 Å². The van der Waals surface area contributed by atoms with Crippen LogP contribution in [-0.2, 0) is 0 Å². The van der Waals surface area contributed by atoms with Crippen LogP contribution < -0.4 is 20.1 Å². The molecule has 41 valence electrons. The zero-order chi connectivity index (χ0) is 4.50. The van der Waals surface area contributed by atoms with Crippen molar-refractivity contribution < 1.29 is 28.9 Å². The van der Waals surface area contributed by atoms with Crippen molar-refractivity contribution in [2.45, 2.75) is 0 Å². The molecule has 0 aromatic carbocycles. The first-order valence-electron chi connectivity index (χ1n) is 0.632. The van der Waals surface area contributed by atoms with Gasteiger partial charge in [0, 0.05) is 51.4 Å². The van der Waals surface area contributed by atoms with E-state index in [2.05, 4.69) is 0 Å².